The van der Waals surface area contributed by atoms with E-state index in [1.54, 1.807) is 21.3 Å². The van der Waals surface area contributed by atoms with Gasteiger partial charge in [0.25, 0.3) is 0 Å². The van der Waals surface area contributed by atoms with Gasteiger partial charge < -0.3 is 19.9 Å². The lowest BCUT2D eigenvalue weighted by Gasteiger charge is -2.30. The number of rotatable bonds is 3. The molecule has 0 radical (unpaired) electrons. The van der Waals surface area contributed by atoms with Crippen LogP contribution in [0.3, 0.4) is 0 Å². The molecular formula is C14H21NO3. The largest absolute Gasteiger partial charge is 0.493 e. The summed E-state index contributed by atoms with van der Waals surface area (Å²) in [4.78, 5) is 0. The van der Waals surface area contributed by atoms with Crippen LogP contribution >= 0.6 is 0 Å². The summed E-state index contributed by atoms with van der Waals surface area (Å²) in [6, 6.07) is 2.03. The summed E-state index contributed by atoms with van der Waals surface area (Å²) in [6.07, 6.45) is 2.06. The van der Waals surface area contributed by atoms with Crippen LogP contribution in [0.4, 0.5) is 0 Å². The SMILES string of the molecule is COc1cc2c(c(OC)c1OC)C(C)CC[C@H]2N. The molecule has 0 fully saturated rings. The fraction of sp³-hybridized carbons (Fsp3) is 0.571. The molecule has 100 valence electrons. The Labute approximate surface area is 108 Å². The molecule has 2 N–H and O–H groups in total. The van der Waals surface area contributed by atoms with Gasteiger partial charge in [-0.3, -0.25) is 0 Å². The molecule has 4 nitrogen and oxygen atoms in total. The first-order chi connectivity index (χ1) is 8.63. The maximum atomic E-state index is 6.20. The minimum Gasteiger partial charge on any atom is -0.493 e. The summed E-state index contributed by atoms with van der Waals surface area (Å²) in [6.45, 7) is 2.19. The summed E-state index contributed by atoms with van der Waals surface area (Å²) in [5.74, 6) is 2.52. The minimum absolute atomic E-state index is 0.0462. The molecule has 0 saturated heterocycles. The maximum absolute atomic E-state index is 6.20. The summed E-state index contributed by atoms with van der Waals surface area (Å²) < 4.78 is 16.3. The molecule has 18 heavy (non-hydrogen) atoms. The van der Waals surface area contributed by atoms with E-state index in [2.05, 4.69) is 6.92 Å². The van der Waals surface area contributed by atoms with Gasteiger partial charge in [0, 0.05) is 11.6 Å². The van der Waals surface area contributed by atoms with Crippen LogP contribution in [-0.2, 0) is 0 Å². The molecule has 1 aromatic rings. The summed E-state index contributed by atoms with van der Waals surface area (Å²) in [5, 5.41) is 0. The van der Waals surface area contributed by atoms with Crippen molar-refractivity contribution in [3.63, 3.8) is 0 Å². The van der Waals surface area contributed by atoms with Crippen LogP contribution in [0.1, 0.15) is 42.9 Å². The van der Waals surface area contributed by atoms with Crippen LogP contribution in [0, 0.1) is 0 Å². The molecule has 2 rings (SSSR count). The molecule has 0 aliphatic heterocycles. The number of hydrogen-bond acceptors (Lipinski definition) is 4. The van der Waals surface area contributed by atoms with Crippen LogP contribution in [-0.4, -0.2) is 21.3 Å². The van der Waals surface area contributed by atoms with Crippen molar-refractivity contribution >= 4 is 0 Å². The van der Waals surface area contributed by atoms with Crippen LogP contribution < -0.4 is 19.9 Å². The quantitative estimate of drug-likeness (QED) is 0.897. The van der Waals surface area contributed by atoms with Gasteiger partial charge in [-0.05, 0) is 30.4 Å². The van der Waals surface area contributed by atoms with Gasteiger partial charge in [0.2, 0.25) is 5.75 Å². The first-order valence-corrected chi connectivity index (χ1v) is 6.22. The molecule has 0 saturated carbocycles. The van der Waals surface area contributed by atoms with Gasteiger partial charge in [-0.1, -0.05) is 6.92 Å². The average molecular weight is 251 g/mol. The molecule has 1 aliphatic rings. The normalized spacial score (nSPS) is 22.3. The van der Waals surface area contributed by atoms with Crippen molar-refractivity contribution in [1.82, 2.24) is 0 Å². The van der Waals surface area contributed by atoms with E-state index < -0.39 is 0 Å². The molecular weight excluding hydrogens is 230 g/mol. The maximum Gasteiger partial charge on any atom is 0.203 e. The van der Waals surface area contributed by atoms with Crippen molar-refractivity contribution in [2.24, 2.45) is 5.73 Å². The smallest absolute Gasteiger partial charge is 0.203 e. The third-order valence-electron chi connectivity index (χ3n) is 3.70. The van der Waals surface area contributed by atoms with Gasteiger partial charge in [0.05, 0.1) is 21.3 Å². The number of ether oxygens (including phenoxy) is 3. The van der Waals surface area contributed by atoms with Gasteiger partial charge in [-0.25, -0.2) is 0 Å². The van der Waals surface area contributed by atoms with Gasteiger partial charge in [0.1, 0.15) is 0 Å². The molecule has 1 unspecified atom stereocenters. The van der Waals surface area contributed by atoms with E-state index in [4.69, 9.17) is 19.9 Å². The number of benzene rings is 1. The Balaban J connectivity index is 2.70. The Morgan fingerprint density at radius 3 is 2.28 bits per heavy atom. The Morgan fingerprint density at radius 1 is 1.06 bits per heavy atom. The van der Waals surface area contributed by atoms with Gasteiger partial charge in [-0.2, -0.15) is 0 Å². The standard InChI is InChI=1S/C14H21NO3/c1-8-5-6-10(15)9-7-11(16-2)13(17-3)14(18-4)12(8)9/h7-8,10H,5-6,15H2,1-4H3/t8?,10-/m1/s1. The molecule has 2 atom stereocenters. The van der Waals surface area contributed by atoms with Gasteiger partial charge >= 0.3 is 0 Å². The zero-order chi connectivity index (χ0) is 13.3. The minimum atomic E-state index is 0.0462. The summed E-state index contributed by atoms with van der Waals surface area (Å²) in [5.41, 5.74) is 8.47. The van der Waals surface area contributed by atoms with Gasteiger partial charge in [0.15, 0.2) is 11.5 Å². The highest BCUT2D eigenvalue weighted by Gasteiger charge is 2.30. The van der Waals surface area contributed by atoms with Crippen molar-refractivity contribution in [2.75, 3.05) is 21.3 Å². The predicted molar refractivity (Wildman–Crippen MR) is 70.7 cm³/mol. The summed E-state index contributed by atoms with van der Waals surface area (Å²) in [7, 11) is 4.91. The van der Waals surface area contributed by atoms with E-state index in [0.29, 0.717) is 17.4 Å². The van der Waals surface area contributed by atoms with Crippen molar-refractivity contribution in [1.29, 1.82) is 0 Å². The Hall–Kier alpha value is -1.42. The molecule has 1 aromatic carbocycles. The Kier molecular flexibility index (Phi) is 3.66. The van der Waals surface area contributed by atoms with Crippen molar-refractivity contribution in [3.8, 4) is 17.2 Å². The van der Waals surface area contributed by atoms with E-state index in [9.17, 15) is 0 Å². The van der Waals surface area contributed by atoms with Crippen molar-refractivity contribution < 1.29 is 14.2 Å². The lowest BCUT2D eigenvalue weighted by Crippen LogP contribution is -2.20. The zero-order valence-corrected chi connectivity index (χ0v) is 11.4. The highest BCUT2D eigenvalue weighted by molar-refractivity contribution is 5.61. The number of fused-ring (bicyclic) bond motifs is 1. The van der Waals surface area contributed by atoms with Crippen LogP contribution in [0.5, 0.6) is 17.2 Å². The lowest BCUT2D eigenvalue weighted by atomic mass is 9.80. The third kappa shape index (κ3) is 1.90. The van der Waals surface area contributed by atoms with Crippen molar-refractivity contribution in [2.45, 2.75) is 31.7 Å². The summed E-state index contributed by atoms with van der Waals surface area (Å²) >= 11 is 0. The molecule has 4 heteroatoms. The second-order valence-electron chi connectivity index (χ2n) is 4.73. The third-order valence-corrected chi connectivity index (χ3v) is 3.70. The number of nitrogens with two attached hydrogens (primary N) is 1. The molecule has 1 aliphatic carbocycles. The highest BCUT2D eigenvalue weighted by atomic mass is 16.5. The molecule has 0 spiro atoms. The second kappa shape index (κ2) is 5.06. The predicted octanol–water partition coefficient (Wildman–Crippen LogP) is 2.61. The molecule has 0 heterocycles. The average Bonchev–Trinajstić information content (AvgIpc) is 2.40. The van der Waals surface area contributed by atoms with Crippen molar-refractivity contribution in [3.05, 3.63) is 17.2 Å². The lowest BCUT2D eigenvalue weighted by molar-refractivity contribution is 0.316. The molecule has 0 bridgehead atoms. The molecule has 0 aromatic heterocycles. The number of methoxy groups -OCH3 is 3. The Bertz CT molecular complexity index is 445. The fourth-order valence-electron chi connectivity index (χ4n) is 2.74. The van der Waals surface area contributed by atoms with E-state index in [0.717, 1.165) is 29.7 Å². The van der Waals surface area contributed by atoms with E-state index in [1.807, 2.05) is 6.07 Å². The first-order valence-electron chi connectivity index (χ1n) is 6.22. The van der Waals surface area contributed by atoms with Crippen LogP contribution in [0.25, 0.3) is 0 Å². The highest BCUT2D eigenvalue weighted by Crippen LogP contribution is 2.49. The van der Waals surface area contributed by atoms with E-state index in [1.165, 1.54) is 0 Å². The monoisotopic (exact) mass is 251 g/mol. The first kappa shape index (κ1) is 13.0. The number of hydrogen-bond donors (Lipinski definition) is 1. The van der Waals surface area contributed by atoms with Crippen LogP contribution in [0.2, 0.25) is 0 Å². The zero-order valence-electron chi connectivity index (χ0n) is 11.4. The topological polar surface area (TPSA) is 53.7 Å². The van der Waals surface area contributed by atoms with Crippen LogP contribution in [0.15, 0.2) is 6.07 Å². The van der Waals surface area contributed by atoms with E-state index in [-0.39, 0.29) is 6.04 Å². The Morgan fingerprint density at radius 2 is 1.72 bits per heavy atom. The molecule has 0 amide bonds. The van der Waals surface area contributed by atoms with E-state index >= 15 is 0 Å². The van der Waals surface area contributed by atoms with Gasteiger partial charge in [-0.15, -0.1) is 0 Å². The second-order valence-corrected chi connectivity index (χ2v) is 4.73. The fourth-order valence-corrected chi connectivity index (χ4v) is 2.74.